The highest BCUT2D eigenvalue weighted by Crippen LogP contribution is 2.35. The topological polar surface area (TPSA) is 12.9 Å². The second-order valence-electron chi connectivity index (χ2n) is 5.17. The smallest absolute Gasteiger partial charge is 0.131 e. The number of hydrogen-bond donors (Lipinski definition) is 0. The van der Waals surface area contributed by atoms with Crippen molar-refractivity contribution in [2.75, 3.05) is 0 Å². The first-order valence-corrected chi connectivity index (χ1v) is 8.37. The Balaban J connectivity index is 2.07. The highest BCUT2D eigenvalue weighted by atomic mass is 35.5. The summed E-state index contributed by atoms with van der Waals surface area (Å²) in [5.41, 5.74) is 3.01. The molecule has 0 unspecified atom stereocenters. The third kappa shape index (κ3) is 2.62. The van der Waals surface area contributed by atoms with Crippen molar-refractivity contribution in [3.63, 3.8) is 0 Å². The number of benzene rings is 2. The van der Waals surface area contributed by atoms with E-state index < -0.39 is 0 Å². The second kappa shape index (κ2) is 5.76. The van der Waals surface area contributed by atoms with Crippen LogP contribution in [0.5, 0.6) is 0 Å². The summed E-state index contributed by atoms with van der Waals surface area (Å²) in [6, 6.07) is 18.2. The molecule has 2 aromatic heterocycles. The molecular formula is C19H11ClFNS. The minimum absolute atomic E-state index is 0.253. The van der Waals surface area contributed by atoms with Gasteiger partial charge in [0.25, 0.3) is 0 Å². The van der Waals surface area contributed by atoms with Crippen LogP contribution in [0.25, 0.3) is 32.6 Å². The number of nitrogens with zero attached hydrogens (tertiary/aromatic N) is 1. The summed E-state index contributed by atoms with van der Waals surface area (Å²) in [5.74, 6) is -0.253. The Morgan fingerprint density at radius 3 is 2.57 bits per heavy atom. The van der Waals surface area contributed by atoms with E-state index in [2.05, 4.69) is 0 Å². The van der Waals surface area contributed by atoms with Crippen molar-refractivity contribution in [2.45, 2.75) is 0 Å². The summed E-state index contributed by atoms with van der Waals surface area (Å²) < 4.78 is 14.3. The maximum atomic E-state index is 14.3. The van der Waals surface area contributed by atoms with Gasteiger partial charge in [-0.15, -0.1) is 11.3 Å². The highest BCUT2D eigenvalue weighted by molar-refractivity contribution is 7.13. The van der Waals surface area contributed by atoms with Crippen LogP contribution in [-0.4, -0.2) is 4.98 Å². The minimum Gasteiger partial charge on any atom is -0.247 e. The molecule has 0 aliphatic rings. The minimum atomic E-state index is -0.253. The monoisotopic (exact) mass is 339 g/mol. The Bertz CT molecular complexity index is 996. The molecule has 0 atom stereocenters. The zero-order valence-corrected chi connectivity index (χ0v) is 13.5. The normalized spacial score (nSPS) is 11.0. The molecule has 0 radical (unpaired) electrons. The van der Waals surface area contributed by atoms with Gasteiger partial charge in [0, 0.05) is 16.0 Å². The number of rotatable bonds is 2. The zero-order valence-electron chi connectivity index (χ0n) is 12.0. The summed E-state index contributed by atoms with van der Waals surface area (Å²) >= 11 is 7.75. The molecule has 23 heavy (non-hydrogen) atoms. The van der Waals surface area contributed by atoms with Gasteiger partial charge in [-0.3, -0.25) is 0 Å². The Labute approximate surface area is 142 Å². The quantitative estimate of drug-likeness (QED) is 0.410. The van der Waals surface area contributed by atoms with Crippen molar-refractivity contribution in [1.29, 1.82) is 0 Å². The van der Waals surface area contributed by atoms with Gasteiger partial charge in [0.15, 0.2) is 0 Å². The molecule has 112 valence electrons. The van der Waals surface area contributed by atoms with Crippen molar-refractivity contribution in [3.05, 3.63) is 76.9 Å². The molecule has 4 heteroatoms. The van der Waals surface area contributed by atoms with Crippen LogP contribution >= 0.6 is 22.9 Å². The fraction of sp³-hybridized carbons (Fsp3) is 0. The molecule has 0 bridgehead atoms. The number of thiophene rings is 1. The van der Waals surface area contributed by atoms with E-state index in [-0.39, 0.29) is 5.82 Å². The molecule has 0 spiro atoms. The lowest BCUT2D eigenvalue weighted by atomic mass is 9.99. The number of hydrogen-bond acceptors (Lipinski definition) is 2. The highest BCUT2D eigenvalue weighted by Gasteiger charge is 2.13. The molecule has 0 aliphatic heterocycles. The fourth-order valence-electron chi connectivity index (χ4n) is 2.65. The van der Waals surface area contributed by atoms with Gasteiger partial charge < -0.3 is 0 Å². The summed E-state index contributed by atoms with van der Waals surface area (Å²) in [6.07, 6.45) is 0. The molecule has 0 fully saturated rings. The Morgan fingerprint density at radius 1 is 0.913 bits per heavy atom. The lowest BCUT2D eigenvalue weighted by Gasteiger charge is -2.10. The van der Waals surface area contributed by atoms with Gasteiger partial charge in [-0.05, 0) is 47.3 Å². The summed E-state index contributed by atoms with van der Waals surface area (Å²) in [7, 11) is 0. The van der Waals surface area contributed by atoms with Crippen LogP contribution in [0, 0.1) is 5.82 Å². The van der Waals surface area contributed by atoms with E-state index >= 15 is 0 Å². The average molecular weight is 340 g/mol. The first kappa shape index (κ1) is 14.4. The van der Waals surface area contributed by atoms with Gasteiger partial charge in [-0.25, -0.2) is 9.37 Å². The Hall–Kier alpha value is -2.23. The van der Waals surface area contributed by atoms with Crippen molar-refractivity contribution in [1.82, 2.24) is 4.98 Å². The van der Waals surface area contributed by atoms with Crippen LogP contribution in [0.3, 0.4) is 0 Å². The molecule has 4 rings (SSSR count). The maximum absolute atomic E-state index is 14.3. The lowest BCUT2D eigenvalue weighted by molar-refractivity contribution is 0.631. The molecule has 0 amide bonds. The van der Waals surface area contributed by atoms with Crippen LogP contribution in [0.4, 0.5) is 4.39 Å². The van der Waals surface area contributed by atoms with Gasteiger partial charge in [0.05, 0.1) is 16.1 Å². The van der Waals surface area contributed by atoms with E-state index in [1.54, 1.807) is 29.5 Å². The fourth-order valence-corrected chi connectivity index (χ4v) is 3.51. The van der Waals surface area contributed by atoms with E-state index in [0.29, 0.717) is 10.6 Å². The molecule has 0 aliphatic carbocycles. The largest absolute Gasteiger partial charge is 0.247 e. The van der Waals surface area contributed by atoms with Crippen LogP contribution in [-0.2, 0) is 0 Å². The SMILES string of the molecule is Fc1ccccc1-c1cc(-c2cccs2)nc2ccc(Cl)cc12. The summed E-state index contributed by atoms with van der Waals surface area (Å²) in [6.45, 7) is 0. The lowest BCUT2D eigenvalue weighted by Crippen LogP contribution is -1.91. The Morgan fingerprint density at radius 2 is 1.78 bits per heavy atom. The third-order valence-corrected chi connectivity index (χ3v) is 4.84. The van der Waals surface area contributed by atoms with Crippen molar-refractivity contribution in [3.8, 4) is 21.7 Å². The molecule has 1 nitrogen and oxygen atoms in total. The van der Waals surface area contributed by atoms with E-state index in [9.17, 15) is 4.39 Å². The van der Waals surface area contributed by atoms with Gasteiger partial charge in [-0.2, -0.15) is 0 Å². The zero-order chi connectivity index (χ0) is 15.8. The predicted molar refractivity (Wildman–Crippen MR) is 95.5 cm³/mol. The van der Waals surface area contributed by atoms with Crippen LogP contribution in [0.2, 0.25) is 5.02 Å². The molecule has 2 heterocycles. The number of halogens is 2. The second-order valence-corrected chi connectivity index (χ2v) is 6.56. The number of pyridine rings is 1. The van der Waals surface area contributed by atoms with Gasteiger partial charge in [0.2, 0.25) is 0 Å². The van der Waals surface area contributed by atoms with Crippen LogP contribution < -0.4 is 0 Å². The first-order chi connectivity index (χ1) is 11.2. The molecule has 0 saturated heterocycles. The third-order valence-electron chi connectivity index (χ3n) is 3.71. The standard InChI is InChI=1S/C19H11ClFNS/c20-12-7-8-17-15(10-12)14(13-4-1-2-5-16(13)21)11-18(22-17)19-6-3-9-23-19/h1-11H. The Kier molecular flexibility index (Phi) is 3.60. The van der Waals surface area contributed by atoms with Crippen molar-refractivity contribution < 1.29 is 4.39 Å². The number of aromatic nitrogens is 1. The summed E-state index contributed by atoms with van der Waals surface area (Å²) in [4.78, 5) is 5.76. The molecule has 2 aromatic carbocycles. The molecular weight excluding hydrogens is 329 g/mol. The number of fused-ring (bicyclic) bond motifs is 1. The van der Waals surface area contributed by atoms with E-state index in [1.807, 2.05) is 41.8 Å². The van der Waals surface area contributed by atoms with Crippen molar-refractivity contribution in [2.24, 2.45) is 0 Å². The van der Waals surface area contributed by atoms with Crippen LogP contribution in [0.1, 0.15) is 0 Å². The molecule has 0 N–H and O–H groups in total. The molecule has 4 aromatic rings. The van der Waals surface area contributed by atoms with Crippen LogP contribution in [0.15, 0.2) is 66.0 Å². The predicted octanol–water partition coefficient (Wildman–Crippen LogP) is 6.42. The maximum Gasteiger partial charge on any atom is 0.131 e. The average Bonchev–Trinajstić information content (AvgIpc) is 3.09. The molecule has 0 saturated carbocycles. The van der Waals surface area contributed by atoms with Crippen molar-refractivity contribution >= 4 is 33.8 Å². The van der Waals surface area contributed by atoms with Gasteiger partial charge in [0.1, 0.15) is 5.82 Å². The van der Waals surface area contributed by atoms with Gasteiger partial charge in [-0.1, -0.05) is 35.9 Å². The van der Waals surface area contributed by atoms with E-state index in [0.717, 1.165) is 27.0 Å². The first-order valence-electron chi connectivity index (χ1n) is 7.11. The van der Waals surface area contributed by atoms with E-state index in [4.69, 9.17) is 16.6 Å². The van der Waals surface area contributed by atoms with Gasteiger partial charge >= 0.3 is 0 Å². The summed E-state index contributed by atoms with van der Waals surface area (Å²) in [5, 5.41) is 3.47. The van der Waals surface area contributed by atoms with E-state index in [1.165, 1.54) is 6.07 Å².